The highest BCUT2D eigenvalue weighted by atomic mass is 16.5. The number of piperidine rings is 1. The van der Waals surface area contributed by atoms with Gasteiger partial charge in [-0.05, 0) is 61.5 Å². The molecule has 0 spiro atoms. The lowest BCUT2D eigenvalue weighted by molar-refractivity contribution is 0.105. The Balaban J connectivity index is 1.53. The van der Waals surface area contributed by atoms with Crippen LogP contribution >= 0.6 is 0 Å². The maximum absolute atomic E-state index is 5.22. The van der Waals surface area contributed by atoms with Gasteiger partial charge in [0.2, 0.25) is 0 Å². The first kappa shape index (κ1) is 20.0. The molecular weight excluding hydrogens is 334 g/mol. The van der Waals surface area contributed by atoms with Gasteiger partial charge in [-0.2, -0.15) is 0 Å². The molecule has 2 aromatic rings. The van der Waals surface area contributed by atoms with Crippen molar-refractivity contribution in [2.24, 2.45) is 5.92 Å². The summed E-state index contributed by atoms with van der Waals surface area (Å²) in [5.41, 5.74) is 2.78. The number of hydrogen-bond donors (Lipinski definition) is 0. The van der Waals surface area contributed by atoms with Gasteiger partial charge in [-0.25, -0.2) is 0 Å². The molecule has 1 fully saturated rings. The van der Waals surface area contributed by atoms with E-state index in [1.807, 2.05) is 12.4 Å². The second kappa shape index (κ2) is 11.2. The third-order valence-electron chi connectivity index (χ3n) is 5.55. The number of ether oxygens (including phenoxy) is 1. The highest BCUT2D eigenvalue weighted by molar-refractivity contribution is 5.15. The normalized spacial score (nSPS) is 16.1. The molecule has 0 N–H and O–H groups in total. The number of pyridine rings is 1. The molecule has 1 aliphatic rings. The quantitative estimate of drug-likeness (QED) is 0.643. The number of aromatic nitrogens is 1. The van der Waals surface area contributed by atoms with Crippen LogP contribution in [0.3, 0.4) is 0 Å². The Kier molecular flexibility index (Phi) is 8.28. The molecular formula is C23H33N3O. The summed E-state index contributed by atoms with van der Waals surface area (Å²) < 4.78 is 5.22. The van der Waals surface area contributed by atoms with Crippen LogP contribution in [-0.2, 0) is 17.7 Å². The molecule has 0 saturated carbocycles. The molecule has 4 nitrogen and oxygen atoms in total. The van der Waals surface area contributed by atoms with Crippen LogP contribution in [0.4, 0.5) is 0 Å². The van der Waals surface area contributed by atoms with Gasteiger partial charge in [0, 0.05) is 45.7 Å². The molecule has 0 unspecified atom stereocenters. The highest BCUT2D eigenvalue weighted by Crippen LogP contribution is 2.19. The van der Waals surface area contributed by atoms with Crippen molar-refractivity contribution in [3.63, 3.8) is 0 Å². The first-order valence-electron chi connectivity index (χ1n) is 10.2. The van der Waals surface area contributed by atoms with E-state index in [0.29, 0.717) is 0 Å². The molecule has 1 aromatic carbocycles. The zero-order chi connectivity index (χ0) is 18.7. The lowest BCUT2D eigenvalue weighted by Gasteiger charge is -2.35. The van der Waals surface area contributed by atoms with Gasteiger partial charge in [-0.15, -0.1) is 0 Å². The van der Waals surface area contributed by atoms with E-state index in [-0.39, 0.29) is 0 Å². The standard InChI is InChI=1S/C23H33N3O/c1-27-18-17-25-14-10-23(11-15-25)20-26(19-22-7-12-24-13-8-22)16-9-21-5-3-2-4-6-21/h2-8,12-13,23H,9-11,14-20H2,1H3. The minimum Gasteiger partial charge on any atom is -0.383 e. The smallest absolute Gasteiger partial charge is 0.0589 e. The maximum atomic E-state index is 5.22. The zero-order valence-electron chi connectivity index (χ0n) is 16.6. The van der Waals surface area contributed by atoms with Crippen LogP contribution in [0, 0.1) is 5.92 Å². The van der Waals surface area contributed by atoms with Crippen molar-refractivity contribution in [1.29, 1.82) is 0 Å². The fourth-order valence-electron chi connectivity index (χ4n) is 3.89. The minimum atomic E-state index is 0.793. The molecule has 1 aliphatic heterocycles. The second-order valence-electron chi connectivity index (χ2n) is 7.60. The van der Waals surface area contributed by atoms with Gasteiger partial charge in [-0.3, -0.25) is 9.88 Å². The molecule has 0 bridgehead atoms. The van der Waals surface area contributed by atoms with Crippen molar-refractivity contribution >= 4 is 0 Å². The average molecular weight is 368 g/mol. The maximum Gasteiger partial charge on any atom is 0.0589 e. The predicted molar refractivity (Wildman–Crippen MR) is 111 cm³/mol. The van der Waals surface area contributed by atoms with Gasteiger partial charge < -0.3 is 9.64 Å². The van der Waals surface area contributed by atoms with Crippen molar-refractivity contribution in [1.82, 2.24) is 14.8 Å². The van der Waals surface area contributed by atoms with Crippen LogP contribution < -0.4 is 0 Å². The van der Waals surface area contributed by atoms with Gasteiger partial charge in [0.15, 0.2) is 0 Å². The van der Waals surface area contributed by atoms with Crippen LogP contribution in [0.1, 0.15) is 24.0 Å². The molecule has 2 heterocycles. The number of benzene rings is 1. The fourth-order valence-corrected chi connectivity index (χ4v) is 3.89. The third kappa shape index (κ3) is 7.06. The van der Waals surface area contributed by atoms with Gasteiger partial charge in [-0.1, -0.05) is 30.3 Å². The minimum absolute atomic E-state index is 0.793. The number of hydrogen-bond acceptors (Lipinski definition) is 4. The summed E-state index contributed by atoms with van der Waals surface area (Å²) >= 11 is 0. The topological polar surface area (TPSA) is 28.6 Å². The van der Waals surface area contributed by atoms with Crippen LogP contribution in [0.2, 0.25) is 0 Å². The van der Waals surface area contributed by atoms with Crippen molar-refractivity contribution in [2.75, 3.05) is 46.4 Å². The van der Waals surface area contributed by atoms with Gasteiger partial charge in [0.05, 0.1) is 6.61 Å². The monoisotopic (exact) mass is 367 g/mol. The summed E-state index contributed by atoms with van der Waals surface area (Å²) in [7, 11) is 1.79. The van der Waals surface area contributed by atoms with E-state index in [2.05, 4.69) is 57.2 Å². The van der Waals surface area contributed by atoms with E-state index in [9.17, 15) is 0 Å². The summed E-state index contributed by atoms with van der Waals surface area (Å²) in [6.07, 6.45) is 7.50. The molecule has 3 rings (SSSR count). The van der Waals surface area contributed by atoms with E-state index >= 15 is 0 Å². The lowest BCUT2D eigenvalue weighted by atomic mass is 9.95. The Morgan fingerprint density at radius 2 is 1.78 bits per heavy atom. The number of methoxy groups -OCH3 is 1. The van der Waals surface area contributed by atoms with Crippen LogP contribution in [0.25, 0.3) is 0 Å². The Hall–Kier alpha value is -1.75. The van der Waals surface area contributed by atoms with E-state index < -0.39 is 0 Å². The van der Waals surface area contributed by atoms with Crippen molar-refractivity contribution < 1.29 is 4.74 Å². The average Bonchev–Trinajstić information content (AvgIpc) is 2.73. The molecule has 27 heavy (non-hydrogen) atoms. The molecule has 146 valence electrons. The summed E-state index contributed by atoms with van der Waals surface area (Å²) in [6, 6.07) is 15.1. The van der Waals surface area contributed by atoms with Crippen LogP contribution in [0.5, 0.6) is 0 Å². The molecule has 1 aromatic heterocycles. The Labute approximate surface area is 164 Å². The zero-order valence-corrected chi connectivity index (χ0v) is 16.6. The molecule has 0 radical (unpaired) electrons. The SMILES string of the molecule is COCCN1CCC(CN(CCc2ccccc2)Cc2ccncc2)CC1. The Morgan fingerprint density at radius 1 is 1.04 bits per heavy atom. The number of rotatable bonds is 10. The summed E-state index contributed by atoms with van der Waals surface area (Å²) in [5.74, 6) is 0.793. The molecule has 4 heteroatoms. The first-order chi connectivity index (χ1) is 13.3. The van der Waals surface area contributed by atoms with Gasteiger partial charge in [0.25, 0.3) is 0 Å². The molecule has 0 amide bonds. The molecule has 0 atom stereocenters. The van der Waals surface area contributed by atoms with E-state index in [0.717, 1.165) is 38.6 Å². The van der Waals surface area contributed by atoms with Crippen molar-refractivity contribution in [3.8, 4) is 0 Å². The van der Waals surface area contributed by atoms with E-state index in [1.54, 1.807) is 7.11 Å². The number of nitrogens with zero attached hydrogens (tertiary/aromatic N) is 3. The first-order valence-corrected chi connectivity index (χ1v) is 10.2. The van der Waals surface area contributed by atoms with Crippen molar-refractivity contribution in [3.05, 3.63) is 66.0 Å². The molecule has 1 saturated heterocycles. The summed E-state index contributed by atoms with van der Waals surface area (Å²) in [5, 5.41) is 0. The molecule has 0 aliphatic carbocycles. The van der Waals surface area contributed by atoms with Crippen LogP contribution in [0.15, 0.2) is 54.9 Å². The van der Waals surface area contributed by atoms with Crippen molar-refractivity contribution in [2.45, 2.75) is 25.8 Å². The van der Waals surface area contributed by atoms with E-state index in [1.165, 1.54) is 43.6 Å². The number of likely N-dealkylation sites (tertiary alicyclic amines) is 1. The highest BCUT2D eigenvalue weighted by Gasteiger charge is 2.21. The van der Waals surface area contributed by atoms with Crippen LogP contribution in [-0.4, -0.2) is 61.2 Å². The second-order valence-corrected chi connectivity index (χ2v) is 7.60. The summed E-state index contributed by atoms with van der Waals surface area (Å²) in [4.78, 5) is 9.34. The third-order valence-corrected chi connectivity index (χ3v) is 5.55. The van der Waals surface area contributed by atoms with Gasteiger partial charge >= 0.3 is 0 Å². The van der Waals surface area contributed by atoms with E-state index in [4.69, 9.17) is 4.74 Å². The fraction of sp³-hybridized carbons (Fsp3) is 0.522. The lowest BCUT2D eigenvalue weighted by Crippen LogP contribution is -2.40. The largest absolute Gasteiger partial charge is 0.383 e. The Bertz CT molecular complexity index is 627. The summed E-state index contributed by atoms with van der Waals surface area (Å²) in [6.45, 7) is 7.63. The predicted octanol–water partition coefficient (Wildman–Crippen LogP) is 3.48. The Morgan fingerprint density at radius 3 is 2.48 bits per heavy atom. The van der Waals surface area contributed by atoms with Gasteiger partial charge in [0.1, 0.15) is 0 Å².